The number of carboxylic acid groups (broad SMARTS) is 1. The van der Waals surface area contributed by atoms with Crippen molar-refractivity contribution in [3.63, 3.8) is 0 Å². The van der Waals surface area contributed by atoms with Gasteiger partial charge < -0.3 is 10.0 Å². The highest BCUT2D eigenvalue weighted by molar-refractivity contribution is 7.14. The predicted octanol–water partition coefficient (Wildman–Crippen LogP) is 3.11. The minimum atomic E-state index is -0.982. The van der Waals surface area contributed by atoms with Crippen LogP contribution in [0.15, 0.2) is 18.2 Å². The molecular formula is C15H19NO3S. The summed E-state index contributed by atoms with van der Waals surface area (Å²) in [7, 11) is 0. The third kappa shape index (κ3) is 3.48. The number of hydrogen-bond acceptors (Lipinski definition) is 3. The lowest BCUT2D eigenvalue weighted by atomic mass is 9.93. The Bertz CT molecular complexity index is 535. The van der Waals surface area contributed by atoms with Crippen LogP contribution in [0.25, 0.3) is 6.08 Å². The van der Waals surface area contributed by atoms with Crippen LogP contribution in [-0.4, -0.2) is 34.5 Å². The van der Waals surface area contributed by atoms with Gasteiger partial charge in [0.2, 0.25) is 0 Å². The van der Waals surface area contributed by atoms with Gasteiger partial charge >= 0.3 is 5.97 Å². The predicted molar refractivity (Wildman–Crippen MR) is 79.9 cm³/mol. The Labute approximate surface area is 122 Å². The van der Waals surface area contributed by atoms with Gasteiger partial charge in [0.1, 0.15) is 0 Å². The van der Waals surface area contributed by atoms with Crippen molar-refractivity contribution >= 4 is 29.3 Å². The van der Waals surface area contributed by atoms with Crippen molar-refractivity contribution in [1.82, 2.24) is 4.90 Å². The maximum Gasteiger partial charge on any atom is 0.328 e. The lowest BCUT2D eigenvalue weighted by molar-refractivity contribution is -0.131. The summed E-state index contributed by atoms with van der Waals surface area (Å²) in [6, 6.07) is 3.83. The van der Waals surface area contributed by atoms with E-state index in [0.717, 1.165) is 30.3 Å². The largest absolute Gasteiger partial charge is 0.478 e. The molecule has 1 aromatic rings. The summed E-state index contributed by atoms with van der Waals surface area (Å²) in [6.45, 7) is 5.12. The molecule has 0 spiro atoms. The molecule has 2 atom stereocenters. The molecule has 2 rings (SSSR count). The summed E-state index contributed by atoms with van der Waals surface area (Å²) in [5.41, 5.74) is 0. The Morgan fingerprint density at radius 2 is 2.15 bits per heavy atom. The van der Waals surface area contributed by atoms with Crippen LogP contribution < -0.4 is 0 Å². The van der Waals surface area contributed by atoms with Crippen molar-refractivity contribution < 1.29 is 14.7 Å². The minimum absolute atomic E-state index is 0.0596. The molecule has 1 amide bonds. The van der Waals surface area contributed by atoms with Gasteiger partial charge in [0.25, 0.3) is 5.91 Å². The molecule has 1 aliphatic rings. The second kappa shape index (κ2) is 6.22. The van der Waals surface area contributed by atoms with Gasteiger partial charge in [-0.3, -0.25) is 4.79 Å². The molecule has 1 fully saturated rings. The van der Waals surface area contributed by atoms with Crippen molar-refractivity contribution in [3.8, 4) is 0 Å². The molecule has 0 aromatic carbocycles. The van der Waals surface area contributed by atoms with Crippen molar-refractivity contribution in [2.75, 3.05) is 6.54 Å². The van der Waals surface area contributed by atoms with Gasteiger partial charge in [-0.25, -0.2) is 4.79 Å². The third-order valence-electron chi connectivity index (χ3n) is 3.63. The highest BCUT2D eigenvalue weighted by Gasteiger charge is 2.27. The summed E-state index contributed by atoms with van der Waals surface area (Å²) >= 11 is 1.34. The average molecular weight is 293 g/mol. The topological polar surface area (TPSA) is 57.6 Å². The lowest BCUT2D eigenvalue weighted by Crippen LogP contribution is -2.43. The Kier molecular flexibility index (Phi) is 4.60. The fourth-order valence-corrected chi connectivity index (χ4v) is 3.43. The van der Waals surface area contributed by atoms with Crippen molar-refractivity contribution in [2.24, 2.45) is 5.92 Å². The number of rotatable bonds is 3. The normalized spacial score (nSPS) is 23.2. The van der Waals surface area contributed by atoms with Gasteiger partial charge in [0.15, 0.2) is 0 Å². The quantitative estimate of drug-likeness (QED) is 0.871. The number of thiophene rings is 1. The summed E-state index contributed by atoms with van der Waals surface area (Å²) in [5, 5.41) is 8.60. The fraction of sp³-hybridized carbons (Fsp3) is 0.467. The summed E-state index contributed by atoms with van der Waals surface area (Å²) in [6.07, 6.45) is 4.70. The van der Waals surface area contributed by atoms with Gasteiger partial charge in [0.05, 0.1) is 4.88 Å². The summed E-state index contributed by atoms with van der Waals surface area (Å²) in [5.74, 6) is -0.249. The zero-order valence-corrected chi connectivity index (χ0v) is 12.5. The van der Waals surface area contributed by atoms with Gasteiger partial charge in [0, 0.05) is 23.5 Å². The van der Waals surface area contributed by atoms with Crippen LogP contribution in [0, 0.1) is 5.92 Å². The van der Waals surface area contributed by atoms with Crippen molar-refractivity contribution in [3.05, 3.63) is 28.0 Å². The molecule has 108 valence electrons. The number of hydrogen-bond donors (Lipinski definition) is 1. The van der Waals surface area contributed by atoms with E-state index in [1.165, 1.54) is 17.4 Å². The Hall–Kier alpha value is -1.62. The van der Waals surface area contributed by atoms with Crippen LogP contribution in [-0.2, 0) is 4.79 Å². The van der Waals surface area contributed by atoms with E-state index >= 15 is 0 Å². The number of piperidine rings is 1. The number of nitrogens with zero attached hydrogens (tertiary/aromatic N) is 1. The Morgan fingerprint density at radius 1 is 1.40 bits per heavy atom. The molecule has 1 aliphatic heterocycles. The van der Waals surface area contributed by atoms with Crippen LogP contribution in [0.5, 0.6) is 0 Å². The second-order valence-corrected chi connectivity index (χ2v) is 6.47. The summed E-state index contributed by atoms with van der Waals surface area (Å²) < 4.78 is 0. The Morgan fingerprint density at radius 3 is 2.80 bits per heavy atom. The molecule has 20 heavy (non-hydrogen) atoms. The number of aliphatic carboxylic acids is 1. The van der Waals surface area contributed by atoms with Crippen LogP contribution in [0.1, 0.15) is 41.2 Å². The van der Waals surface area contributed by atoms with Crippen LogP contribution in [0.4, 0.5) is 0 Å². The fourth-order valence-electron chi connectivity index (χ4n) is 2.56. The first-order chi connectivity index (χ1) is 9.47. The minimum Gasteiger partial charge on any atom is -0.478 e. The van der Waals surface area contributed by atoms with E-state index in [2.05, 4.69) is 13.8 Å². The van der Waals surface area contributed by atoms with Crippen LogP contribution >= 0.6 is 11.3 Å². The maximum atomic E-state index is 12.5. The van der Waals surface area contributed by atoms with E-state index in [-0.39, 0.29) is 11.9 Å². The third-order valence-corrected chi connectivity index (χ3v) is 4.67. The lowest BCUT2D eigenvalue weighted by Gasteiger charge is -2.36. The van der Waals surface area contributed by atoms with Gasteiger partial charge in [-0.1, -0.05) is 6.92 Å². The molecule has 1 saturated heterocycles. The van der Waals surface area contributed by atoms with Gasteiger partial charge in [-0.15, -0.1) is 11.3 Å². The van der Waals surface area contributed by atoms with Crippen molar-refractivity contribution in [1.29, 1.82) is 0 Å². The smallest absolute Gasteiger partial charge is 0.328 e. The molecular weight excluding hydrogens is 274 g/mol. The number of likely N-dealkylation sites (tertiary alicyclic amines) is 1. The zero-order chi connectivity index (χ0) is 14.7. The molecule has 1 aromatic heterocycles. The molecule has 5 heteroatoms. The molecule has 1 N–H and O–H groups in total. The standard InChI is InChI=1S/C15H19NO3S/c1-10-7-8-16(11(2)9-10)15(19)13-5-3-12(20-13)4-6-14(17)18/h3-6,10-11H,7-9H2,1-2H3,(H,17,18). The van der Waals surface area contributed by atoms with Crippen LogP contribution in [0.2, 0.25) is 0 Å². The van der Waals surface area contributed by atoms with E-state index in [9.17, 15) is 9.59 Å². The van der Waals surface area contributed by atoms with E-state index in [1.54, 1.807) is 12.1 Å². The highest BCUT2D eigenvalue weighted by atomic mass is 32.1. The number of amides is 1. The molecule has 0 bridgehead atoms. The van der Waals surface area contributed by atoms with Gasteiger partial charge in [-0.2, -0.15) is 0 Å². The zero-order valence-electron chi connectivity index (χ0n) is 11.7. The first kappa shape index (κ1) is 14.8. The van der Waals surface area contributed by atoms with Crippen molar-refractivity contribution in [2.45, 2.75) is 32.7 Å². The van der Waals surface area contributed by atoms with E-state index < -0.39 is 5.97 Å². The van der Waals surface area contributed by atoms with Gasteiger partial charge in [-0.05, 0) is 43.9 Å². The number of carboxylic acids is 1. The SMILES string of the molecule is CC1CCN(C(=O)c2ccc(C=CC(=O)O)s2)C(C)C1. The second-order valence-electron chi connectivity index (χ2n) is 5.35. The first-order valence-corrected chi connectivity index (χ1v) is 7.61. The average Bonchev–Trinajstić information content (AvgIpc) is 2.84. The van der Waals surface area contributed by atoms with E-state index in [1.807, 2.05) is 4.90 Å². The molecule has 0 saturated carbocycles. The molecule has 2 unspecified atom stereocenters. The highest BCUT2D eigenvalue weighted by Crippen LogP contribution is 2.26. The maximum absolute atomic E-state index is 12.5. The molecule has 0 radical (unpaired) electrons. The molecule has 2 heterocycles. The van der Waals surface area contributed by atoms with E-state index in [0.29, 0.717) is 10.8 Å². The number of carbonyl (C=O) groups excluding carboxylic acids is 1. The molecule has 4 nitrogen and oxygen atoms in total. The Balaban J connectivity index is 2.08. The first-order valence-electron chi connectivity index (χ1n) is 6.79. The summed E-state index contributed by atoms with van der Waals surface area (Å²) in [4.78, 5) is 26.3. The number of carbonyl (C=O) groups is 2. The molecule has 0 aliphatic carbocycles. The monoisotopic (exact) mass is 293 g/mol. The van der Waals surface area contributed by atoms with E-state index in [4.69, 9.17) is 5.11 Å². The van der Waals surface area contributed by atoms with Crippen LogP contribution in [0.3, 0.4) is 0 Å².